The van der Waals surface area contributed by atoms with E-state index in [2.05, 4.69) is 4.98 Å². The quantitative estimate of drug-likeness (QED) is 0.603. The second-order valence-electron chi connectivity index (χ2n) is 6.12. The molecule has 0 aliphatic carbocycles. The van der Waals surface area contributed by atoms with Crippen molar-refractivity contribution in [2.45, 2.75) is 12.8 Å². The number of carbonyl (C=O) groups is 2. The number of hydrogen-bond acceptors (Lipinski definition) is 3. The number of aromatic nitrogens is 2. The van der Waals surface area contributed by atoms with E-state index in [0.29, 0.717) is 18.4 Å². The molecule has 5 heteroatoms. The summed E-state index contributed by atoms with van der Waals surface area (Å²) in [5.74, 6) is -1.12. The number of pyridine rings is 1. The fourth-order valence-corrected chi connectivity index (χ4v) is 3.26. The van der Waals surface area contributed by atoms with E-state index in [1.54, 1.807) is 4.57 Å². The van der Waals surface area contributed by atoms with E-state index < -0.39 is 5.97 Å². The van der Waals surface area contributed by atoms with Crippen LogP contribution in [0.15, 0.2) is 66.9 Å². The van der Waals surface area contributed by atoms with Crippen molar-refractivity contribution in [2.24, 2.45) is 0 Å². The van der Waals surface area contributed by atoms with Crippen LogP contribution in [-0.4, -0.2) is 26.5 Å². The lowest BCUT2D eigenvalue weighted by atomic mass is 10.1. The smallest absolute Gasteiger partial charge is 0.354 e. The van der Waals surface area contributed by atoms with Crippen LogP contribution < -0.4 is 0 Å². The number of aromatic carboxylic acids is 1. The molecule has 0 saturated carbocycles. The Hall–Kier alpha value is -3.47. The predicted molar refractivity (Wildman–Crippen MR) is 99.6 cm³/mol. The maximum absolute atomic E-state index is 12.9. The topological polar surface area (TPSA) is 72.2 Å². The second kappa shape index (κ2) is 6.44. The highest BCUT2D eigenvalue weighted by Gasteiger charge is 2.18. The standard InChI is InChI=1S/C21H16N2O3/c24-20(11-10-14-6-2-1-3-7-14)23-18-9-5-4-8-15(18)16-12-17(21(25)26)22-13-19(16)23/h1-9,12-13H,10-11H2,(H,25,26). The maximum atomic E-state index is 12.9. The zero-order chi connectivity index (χ0) is 18.1. The average Bonchev–Trinajstić information content (AvgIpc) is 3.00. The number of aryl methyl sites for hydroxylation is 1. The van der Waals surface area contributed by atoms with Crippen molar-refractivity contribution in [2.75, 3.05) is 0 Å². The molecule has 0 amide bonds. The van der Waals surface area contributed by atoms with Crippen LogP contribution in [0.1, 0.15) is 27.3 Å². The third-order valence-corrected chi connectivity index (χ3v) is 4.50. The number of nitrogens with zero attached hydrogens (tertiary/aromatic N) is 2. The molecule has 2 aromatic carbocycles. The molecule has 0 radical (unpaired) electrons. The molecule has 2 aromatic heterocycles. The van der Waals surface area contributed by atoms with E-state index in [1.165, 1.54) is 12.3 Å². The lowest BCUT2D eigenvalue weighted by Gasteiger charge is -2.06. The van der Waals surface area contributed by atoms with E-state index in [1.807, 2.05) is 54.6 Å². The summed E-state index contributed by atoms with van der Waals surface area (Å²) in [5, 5.41) is 10.8. The SMILES string of the molecule is O=C(O)c1cc2c3ccccc3n(C(=O)CCc3ccccc3)c2cn1. The first kappa shape index (κ1) is 16.0. The second-order valence-corrected chi connectivity index (χ2v) is 6.12. The Morgan fingerprint density at radius 3 is 2.42 bits per heavy atom. The lowest BCUT2D eigenvalue weighted by molar-refractivity contribution is 0.0690. The summed E-state index contributed by atoms with van der Waals surface area (Å²) in [6.07, 6.45) is 2.48. The van der Waals surface area contributed by atoms with Crippen molar-refractivity contribution >= 4 is 33.7 Å². The lowest BCUT2D eigenvalue weighted by Crippen LogP contribution is -2.11. The summed E-state index contributed by atoms with van der Waals surface area (Å²) in [6.45, 7) is 0. The molecule has 4 rings (SSSR count). The number of para-hydroxylation sites is 1. The van der Waals surface area contributed by atoms with Gasteiger partial charge in [0.1, 0.15) is 5.69 Å². The maximum Gasteiger partial charge on any atom is 0.354 e. The van der Waals surface area contributed by atoms with Gasteiger partial charge in [-0.1, -0.05) is 48.5 Å². The zero-order valence-electron chi connectivity index (χ0n) is 13.9. The van der Waals surface area contributed by atoms with Crippen LogP contribution in [0.3, 0.4) is 0 Å². The summed E-state index contributed by atoms with van der Waals surface area (Å²) in [7, 11) is 0. The molecule has 5 nitrogen and oxygen atoms in total. The molecule has 2 heterocycles. The fourth-order valence-electron chi connectivity index (χ4n) is 3.26. The summed E-state index contributed by atoms with van der Waals surface area (Å²) in [5.41, 5.74) is 2.48. The van der Waals surface area contributed by atoms with Gasteiger partial charge < -0.3 is 5.11 Å². The van der Waals surface area contributed by atoms with Crippen molar-refractivity contribution in [1.29, 1.82) is 0 Å². The molecule has 0 atom stereocenters. The van der Waals surface area contributed by atoms with E-state index in [9.17, 15) is 14.7 Å². The first-order valence-corrected chi connectivity index (χ1v) is 8.35. The van der Waals surface area contributed by atoms with E-state index in [4.69, 9.17) is 0 Å². The molecular weight excluding hydrogens is 328 g/mol. The number of benzene rings is 2. The highest BCUT2D eigenvalue weighted by Crippen LogP contribution is 2.29. The molecule has 128 valence electrons. The van der Waals surface area contributed by atoms with Crippen LogP contribution >= 0.6 is 0 Å². The van der Waals surface area contributed by atoms with Crippen LogP contribution in [0.25, 0.3) is 21.8 Å². The summed E-state index contributed by atoms with van der Waals surface area (Å²) < 4.78 is 1.65. The van der Waals surface area contributed by atoms with Gasteiger partial charge in [0.15, 0.2) is 0 Å². The Labute approximate surface area is 149 Å². The van der Waals surface area contributed by atoms with Crippen LogP contribution in [0.5, 0.6) is 0 Å². The van der Waals surface area contributed by atoms with Gasteiger partial charge in [-0.3, -0.25) is 9.36 Å². The number of carboxylic acid groups (broad SMARTS) is 1. The fraction of sp³-hybridized carbons (Fsp3) is 0.0952. The van der Waals surface area contributed by atoms with Gasteiger partial charge in [-0.2, -0.15) is 0 Å². The first-order valence-electron chi connectivity index (χ1n) is 8.35. The van der Waals surface area contributed by atoms with Gasteiger partial charge in [-0.25, -0.2) is 9.78 Å². The molecule has 0 aliphatic heterocycles. The van der Waals surface area contributed by atoms with E-state index in [0.717, 1.165) is 21.9 Å². The van der Waals surface area contributed by atoms with Crippen LogP contribution in [-0.2, 0) is 6.42 Å². The van der Waals surface area contributed by atoms with Gasteiger partial charge in [0.25, 0.3) is 0 Å². The summed E-state index contributed by atoms with van der Waals surface area (Å²) in [6, 6.07) is 18.9. The highest BCUT2D eigenvalue weighted by molar-refractivity contribution is 6.14. The van der Waals surface area contributed by atoms with Crippen LogP contribution in [0.4, 0.5) is 0 Å². The van der Waals surface area contributed by atoms with Crippen LogP contribution in [0.2, 0.25) is 0 Å². The van der Waals surface area contributed by atoms with Gasteiger partial charge in [-0.15, -0.1) is 0 Å². The van der Waals surface area contributed by atoms with Crippen molar-refractivity contribution in [1.82, 2.24) is 9.55 Å². The Balaban J connectivity index is 1.80. The molecule has 0 bridgehead atoms. The van der Waals surface area contributed by atoms with Gasteiger partial charge in [0, 0.05) is 17.2 Å². The summed E-state index contributed by atoms with van der Waals surface area (Å²) >= 11 is 0. The van der Waals surface area contributed by atoms with Gasteiger partial charge >= 0.3 is 5.97 Å². The summed E-state index contributed by atoms with van der Waals surface area (Å²) in [4.78, 5) is 28.2. The third kappa shape index (κ3) is 2.73. The molecule has 0 unspecified atom stereocenters. The number of carbonyl (C=O) groups excluding carboxylic acids is 1. The number of fused-ring (bicyclic) bond motifs is 3. The minimum Gasteiger partial charge on any atom is -0.477 e. The Bertz CT molecular complexity index is 1130. The molecule has 1 N–H and O–H groups in total. The third-order valence-electron chi connectivity index (χ3n) is 4.50. The molecule has 4 aromatic rings. The first-order chi connectivity index (χ1) is 12.6. The number of hydrogen-bond donors (Lipinski definition) is 1. The zero-order valence-corrected chi connectivity index (χ0v) is 13.9. The Morgan fingerprint density at radius 2 is 1.65 bits per heavy atom. The van der Waals surface area contributed by atoms with E-state index in [-0.39, 0.29) is 11.6 Å². The molecule has 0 aliphatic rings. The van der Waals surface area contributed by atoms with Crippen molar-refractivity contribution in [3.8, 4) is 0 Å². The van der Waals surface area contributed by atoms with Gasteiger partial charge in [0.05, 0.1) is 17.2 Å². The normalized spacial score (nSPS) is 11.1. The predicted octanol–water partition coefficient (Wildman–Crippen LogP) is 4.16. The van der Waals surface area contributed by atoms with Gasteiger partial charge in [0.2, 0.25) is 5.91 Å². The van der Waals surface area contributed by atoms with Crippen molar-refractivity contribution in [3.05, 3.63) is 78.1 Å². The van der Waals surface area contributed by atoms with E-state index >= 15 is 0 Å². The number of rotatable bonds is 4. The minimum atomic E-state index is -1.08. The average molecular weight is 344 g/mol. The molecule has 0 spiro atoms. The van der Waals surface area contributed by atoms with Gasteiger partial charge in [-0.05, 0) is 24.1 Å². The van der Waals surface area contributed by atoms with Crippen LogP contribution in [0, 0.1) is 0 Å². The molecular formula is C21H16N2O3. The highest BCUT2D eigenvalue weighted by atomic mass is 16.4. The largest absolute Gasteiger partial charge is 0.477 e. The Morgan fingerprint density at radius 1 is 0.923 bits per heavy atom. The monoisotopic (exact) mass is 344 g/mol. The Kier molecular flexibility index (Phi) is 3.97. The molecule has 0 saturated heterocycles. The van der Waals surface area contributed by atoms with Crippen molar-refractivity contribution in [3.63, 3.8) is 0 Å². The van der Waals surface area contributed by atoms with Crippen molar-refractivity contribution < 1.29 is 14.7 Å². The number of carboxylic acids is 1. The minimum absolute atomic E-state index is 0.0304. The molecule has 26 heavy (non-hydrogen) atoms. The molecule has 0 fully saturated rings.